The van der Waals surface area contributed by atoms with Crippen LogP contribution < -0.4 is 5.32 Å². The Morgan fingerprint density at radius 2 is 1.85 bits per heavy atom. The standard InChI is InChI=1S/C16H16ClN3/c17-13-7-5-12(6-8-13)11-18-10-9-16-19-14-3-1-2-4-15(14)20-16/h1-8,18H,9-11H2,(H,19,20). The van der Waals surface area contributed by atoms with Gasteiger partial charge in [-0.2, -0.15) is 0 Å². The van der Waals surface area contributed by atoms with Crippen LogP contribution in [0.25, 0.3) is 11.0 Å². The molecule has 0 unspecified atom stereocenters. The molecule has 0 radical (unpaired) electrons. The van der Waals surface area contributed by atoms with E-state index in [-0.39, 0.29) is 0 Å². The fraction of sp³-hybridized carbons (Fsp3) is 0.188. The van der Waals surface area contributed by atoms with E-state index >= 15 is 0 Å². The van der Waals surface area contributed by atoms with Crippen molar-refractivity contribution in [3.8, 4) is 0 Å². The monoisotopic (exact) mass is 285 g/mol. The number of imidazole rings is 1. The highest BCUT2D eigenvalue weighted by Crippen LogP contribution is 2.11. The Hall–Kier alpha value is -1.84. The SMILES string of the molecule is Clc1ccc(CNCCc2nc3ccccc3[nH]2)cc1. The van der Waals surface area contributed by atoms with Crippen LogP contribution in [0.4, 0.5) is 0 Å². The average molecular weight is 286 g/mol. The van der Waals surface area contributed by atoms with Crippen LogP contribution in [0.2, 0.25) is 5.02 Å². The van der Waals surface area contributed by atoms with Crippen LogP contribution in [0.15, 0.2) is 48.5 Å². The number of rotatable bonds is 5. The Kier molecular flexibility index (Phi) is 4.00. The molecule has 0 aliphatic carbocycles. The lowest BCUT2D eigenvalue weighted by Crippen LogP contribution is -2.17. The first-order valence-electron chi connectivity index (χ1n) is 6.70. The van der Waals surface area contributed by atoms with Crippen molar-refractivity contribution in [2.75, 3.05) is 6.54 Å². The summed E-state index contributed by atoms with van der Waals surface area (Å²) >= 11 is 5.86. The first-order chi connectivity index (χ1) is 9.81. The summed E-state index contributed by atoms with van der Waals surface area (Å²) in [5.74, 6) is 1.02. The summed E-state index contributed by atoms with van der Waals surface area (Å²) in [6.45, 7) is 1.74. The maximum Gasteiger partial charge on any atom is 0.108 e. The van der Waals surface area contributed by atoms with Crippen molar-refractivity contribution in [3.63, 3.8) is 0 Å². The Labute approximate surface area is 123 Å². The summed E-state index contributed by atoms with van der Waals surface area (Å²) < 4.78 is 0. The molecule has 0 saturated carbocycles. The maximum atomic E-state index is 5.86. The minimum atomic E-state index is 0.774. The number of aromatic amines is 1. The second-order valence-corrected chi connectivity index (χ2v) is 5.19. The summed E-state index contributed by atoms with van der Waals surface area (Å²) in [4.78, 5) is 7.89. The summed E-state index contributed by atoms with van der Waals surface area (Å²) in [6.07, 6.45) is 0.891. The second kappa shape index (κ2) is 6.07. The Morgan fingerprint density at radius 1 is 1.05 bits per heavy atom. The van der Waals surface area contributed by atoms with Gasteiger partial charge >= 0.3 is 0 Å². The first-order valence-corrected chi connectivity index (χ1v) is 7.08. The molecule has 3 rings (SSSR count). The van der Waals surface area contributed by atoms with E-state index in [1.807, 2.05) is 48.5 Å². The maximum absolute atomic E-state index is 5.86. The van der Waals surface area contributed by atoms with Crippen molar-refractivity contribution < 1.29 is 0 Å². The van der Waals surface area contributed by atoms with Crippen molar-refractivity contribution >= 4 is 22.6 Å². The van der Waals surface area contributed by atoms with Gasteiger partial charge in [0.15, 0.2) is 0 Å². The van der Waals surface area contributed by atoms with Crippen molar-refractivity contribution in [1.29, 1.82) is 0 Å². The van der Waals surface area contributed by atoms with Crippen molar-refractivity contribution in [2.24, 2.45) is 0 Å². The van der Waals surface area contributed by atoms with E-state index < -0.39 is 0 Å². The molecule has 0 aliphatic rings. The molecule has 4 heteroatoms. The Morgan fingerprint density at radius 3 is 2.65 bits per heavy atom. The predicted octanol–water partition coefficient (Wildman–Crippen LogP) is 3.55. The van der Waals surface area contributed by atoms with Gasteiger partial charge in [-0.3, -0.25) is 0 Å². The zero-order valence-corrected chi connectivity index (χ0v) is 11.8. The number of nitrogens with one attached hydrogen (secondary N) is 2. The van der Waals surface area contributed by atoms with E-state index in [2.05, 4.69) is 15.3 Å². The highest BCUT2D eigenvalue weighted by molar-refractivity contribution is 6.30. The molecule has 1 heterocycles. The van der Waals surface area contributed by atoms with Gasteiger partial charge in [0.1, 0.15) is 5.82 Å². The lowest BCUT2D eigenvalue weighted by molar-refractivity contribution is 0.675. The zero-order chi connectivity index (χ0) is 13.8. The fourth-order valence-electron chi connectivity index (χ4n) is 2.17. The number of aromatic nitrogens is 2. The van der Waals surface area contributed by atoms with Crippen molar-refractivity contribution in [1.82, 2.24) is 15.3 Å². The fourth-order valence-corrected chi connectivity index (χ4v) is 2.29. The van der Waals surface area contributed by atoms with Gasteiger partial charge in [0.2, 0.25) is 0 Å². The van der Waals surface area contributed by atoms with E-state index in [1.165, 1.54) is 5.56 Å². The van der Waals surface area contributed by atoms with Gasteiger partial charge in [0.05, 0.1) is 11.0 Å². The van der Waals surface area contributed by atoms with Gasteiger partial charge in [-0.1, -0.05) is 35.9 Å². The number of para-hydroxylation sites is 2. The smallest absolute Gasteiger partial charge is 0.108 e. The lowest BCUT2D eigenvalue weighted by atomic mass is 10.2. The average Bonchev–Trinajstić information content (AvgIpc) is 2.88. The van der Waals surface area contributed by atoms with E-state index in [0.717, 1.165) is 41.4 Å². The molecule has 0 spiro atoms. The Bertz CT molecular complexity index is 655. The van der Waals surface area contributed by atoms with Gasteiger partial charge in [-0.05, 0) is 29.8 Å². The molecule has 0 fully saturated rings. The second-order valence-electron chi connectivity index (χ2n) is 4.75. The first kappa shape index (κ1) is 13.2. The molecule has 1 aromatic heterocycles. The molecule has 2 aromatic carbocycles. The van der Waals surface area contributed by atoms with Crippen LogP contribution in [0.1, 0.15) is 11.4 Å². The number of nitrogens with zero attached hydrogens (tertiary/aromatic N) is 1. The molecule has 3 aromatic rings. The molecule has 0 bridgehead atoms. The van der Waals surface area contributed by atoms with Crippen LogP contribution in [0, 0.1) is 0 Å². The van der Waals surface area contributed by atoms with Crippen LogP contribution in [-0.2, 0) is 13.0 Å². The number of hydrogen-bond acceptors (Lipinski definition) is 2. The number of halogens is 1. The molecule has 102 valence electrons. The summed E-state index contributed by atoms with van der Waals surface area (Å²) in [5, 5.41) is 4.18. The van der Waals surface area contributed by atoms with E-state index in [9.17, 15) is 0 Å². The number of hydrogen-bond donors (Lipinski definition) is 2. The number of H-pyrrole nitrogens is 1. The third kappa shape index (κ3) is 3.18. The lowest BCUT2D eigenvalue weighted by Gasteiger charge is -2.03. The summed E-state index contributed by atoms with van der Waals surface area (Å²) in [5.41, 5.74) is 3.36. The van der Waals surface area contributed by atoms with Gasteiger partial charge in [0, 0.05) is 24.5 Å². The Balaban J connectivity index is 1.51. The molecule has 0 saturated heterocycles. The molecule has 0 amide bonds. The van der Waals surface area contributed by atoms with Gasteiger partial charge < -0.3 is 10.3 Å². The number of benzene rings is 2. The minimum absolute atomic E-state index is 0.774. The molecular weight excluding hydrogens is 270 g/mol. The number of fused-ring (bicyclic) bond motifs is 1. The summed E-state index contributed by atoms with van der Waals surface area (Å²) in [6, 6.07) is 16.0. The quantitative estimate of drug-likeness (QED) is 0.704. The molecular formula is C16H16ClN3. The normalized spacial score (nSPS) is 11.1. The van der Waals surface area contributed by atoms with Crippen molar-refractivity contribution in [3.05, 3.63) is 64.9 Å². The van der Waals surface area contributed by atoms with Crippen LogP contribution in [0.3, 0.4) is 0 Å². The predicted molar refractivity (Wildman–Crippen MR) is 83.0 cm³/mol. The third-order valence-corrected chi connectivity index (χ3v) is 3.47. The molecule has 0 atom stereocenters. The largest absolute Gasteiger partial charge is 0.342 e. The third-order valence-electron chi connectivity index (χ3n) is 3.22. The molecule has 3 nitrogen and oxygen atoms in total. The molecule has 2 N–H and O–H groups in total. The van der Waals surface area contributed by atoms with Gasteiger partial charge in [-0.25, -0.2) is 4.98 Å². The van der Waals surface area contributed by atoms with E-state index in [1.54, 1.807) is 0 Å². The van der Waals surface area contributed by atoms with Gasteiger partial charge in [-0.15, -0.1) is 0 Å². The summed E-state index contributed by atoms with van der Waals surface area (Å²) in [7, 11) is 0. The molecule has 0 aliphatic heterocycles. The van der Waals surface area contributed by atoms with E-state index in [0.29, 0.717) is 0 Å². The van der Waals surface area contributed by atoms with E-state index in [4.69, 9.17) is 11.6 Å². The zero-order valence-electron chi connectivity index (χ0n) is 11.1. The molecule has 20 heavy (non-hydrogen) atoms. The highest BCUT2D eigenvalue weighted by atomic mass is 35.5. The van der Waals surface area contributed by atoms with Crippen molar-refractivity contribution in [2.45, 2.75) is 13.0 Å². The topological polar surface area (TPSA) is 40.7 Å². The minimum Gasteiger partial charge on any atom is -0.342 e. The van der Waals surface area contributed by atoms with Crippen LogP contribution in [0.5, 0.6) is 0 Å². The van der Waals surface area contributed by atoms with Crippen LogP contribution in [-0.4, -0.2) is 16.5 Å². The van der Waals surface area contributed by atoms with Gasteiger partial charge in [0.25, 0.3) is 0 Å². The van der Waals surface area contributed by atoms with Crippen LogP contribution >= 0.6 is 11.6 Å². The highest BCUT2D eigenvalue weighted by Gasteiger charge is 2.01.